The van der Waals surface area contributed by atoms with Crippen molar-refractivity contribution < 1.29 is 0 Å². The highest BCUT2D eigenvalue weighted by molar-refractivity contribution is 6.19. The lowest BCUT2D eigenvalue weighted by atomic mass is 10.1. The number of alkyl halides is 1. The van der Waals surface area contributed by atoms with Crippen molar-refractivity contribution in [3.8, 4) is 0 Å². The lowest BCUT2D eigenvalue weighted by Crippen LogP contribution is -1.84. The van der Waals surface area contributed by atoms with Gasteiger partial charge in [-0.15, -0.1) is 11.6 Å². The van der Waals surface area contributed by atoms with Gasteiger partial charge in [-0.05, 0) is 19.3 Å². The van der Waals surface area contributed by atoms with E-state index in [9.17, 15) is 0 Å². The maximum Gasteiger partial charge on any atom is 0.0430 e. The van der Waals surface area contributed by atoms with Crippen molar-refractivity contribution in [3.05, 3.63) is 37.0 Å². The van der Waals surface area contributed by atoms with Crippen LogP contribution in [0.3, 0.4) is 0 Å². The molecule has 0 aliphatic heterocycles. The van der Waals surface area contributed by atoms with Gasteiger partial charge >= 0.3 is 0 Å². The van der Waals surface area contributed by atoms with E-state index in [-0.39, 0.29) is 0 Å². The van der Waals surface area contributed by atoms with Crippen LogP contribution in [0.15, 0.2) is 37.0 Å². The standard InChI is InChI=1S/C10H15Cl/c1-4-9(2)6-5-7-10(3)8-11/h4H,1-3,5-8H2. The predicted molar refractivity (Wildman–Crippen MR) is 53.0 cm³/mol. The fourth-order valence-corrected chi connectivity index (χ4v) is 0.868. The first-order chi connectivity index (χ1) is 5.20. The van der Waals surface area contributed by atoms with Gasteiger partial charge in [-0.1, -0.05) is 37.0 Å². The fourth-order valence-electron chi connectivity index (χ4n) is 0.734. The normalized spacial score (nSPS) is 9.18. The molecule has 0 bridgehead atoms. The Morgan fingerprint density at radius 1 is 1.27 bits per heavy atom. The Kier molecular flexibility index (Phi) is 5.96. The third-order valence-corrected chi connectivity index (χ3v) is 1.88. The van der Waals surface area contributed by atoms with Gasteiger partial charge in [0.1, 0.15) is 0 Å². The van der Waals surface area contributed by atoms with Crippen molar-refractivity contribution in [2.24, 2.45) is 0 Å². The van der Waals surface area contributed by atoms with Crippen LogP contribution in [0.2, 0.25) is 0 Å². The number of rotatable bonds is 6. The van der Waals surface area contributed by atoms with E-state index >= 15 is 0 Å². The SMILES string of the molecule is C=CC(=C)CCCC(=C)CCl. The molecule has 0 aromatic heterocycles. The third-order valence-electron chi connectivity index (χ3n) is 1.51. The molecule has 0 fully saturated rings. The Morgan fingerprint density at radius 2 is 1.91 bits per heavy atom. The van der Waals surface area contributed by atoms with Crippen LogP contribution in [-0.4, -0.2) is 5.88 Å². The summed E-state index contributed by atoms with van der Waals surface area (Å²) in [6.45, 7) is 11.3. The van der Waals surface area contributed by atoms with E-state index in [0.29, 0.717) is 5.88 Å². The molecule has 0 radical (unpaired) electrons. The maximum atomic E-state index is 5.56. The second-order valence-corrected chi connectivity index (χ2v) is 2.87. The Balaban J connectivity index is 3.34. The van der Waals surface area contributed by atoms with Gasteiger partial charge in [0.15, 0.2) is 0 Å². The van der Waals surface area contributed by atoms with E-state index in [1.54, 1.807) is 6.08 Å². The van der Waals surface area contributed by atoms with Gasteiger partial charge in [-0.2, -0.15) is 0 Å². The third kappa shape index (κ3) is 5.93. The van der Waals surface area contributed by atoms with E-state index in [2.05, 4.69) is 19.7 Å². The summed E-state index contributed by atoms with van der Waals surface area (Å²) >= 11 is 5.56. The molecular weight excluding hydrogens is 156 g/mol. The first-order valence-electron chi connectivity index (χ1n) is 3.73. The van der Waals surface area contributed by atoms with Crippen molar-refractivity contribution in [2.75, 3.05) is 5.88 Å². The molecule has 0 aliphatic rings. The summed E-state index contributed by atoms with van der Waals surface area (Å²) in [6.07, 6.45) is 4.87. The van der Waals surface area contributed by atoms with E-state index in [1.807, 2.05) is 0 Å². The van der Waals surface area contributed by atoms with Gasteiger partial charge in [0.2, 0.25) is 0 Å². The van der Waals surface area contributed by atoms with Crippen molar-refractivity contribution >= 4 is 11.6 Å². The monoisotopic (exact) mass is 170 g/mol. The quantitative estimate of drug-likeness (QED) is 0.324. The summed E-state index contributed by atoms with van der Waals surface area (Å²) in [7, 11) is 0. The summed E-state index contributed by atoms with van der Waals surface area (Å²) < 4.78 is 0. The number of hydrogen-bond donors (Lipinski definition) is 0. The number of hydrogen-bond acceptors (Lipinski definition) is 0. The molecular formula is C10H15Cl. The van der Waals surface area contributed by atoms with Crippen molar-refractivity contribution in [3.63, 3.8) is 0 Å². The van der Waals surface area contributed by atoms with Gasteiger partial charge in [-0.3, -0.25) is 0 Å². The Morgan fingerprint density at radius 3 is 2.36 bits per heavy atom. The van der Waals surface area contributed by atoms with E-state index in [1.165, 1.54) is 0 Å². The summed E-state index contributed by atoms with van der Waals surface area (Å²) in [5.74, 6) is 0.570. The van der Waals surface area contributed by atoms with Crippen molar-refractivity contribution in [2.45, 2.75) is 19.3 Å². The largest absolute Gasteiger partial charge is 0.122 e. The van der Waals surface area contributed by atoms with Crippen LogP contribution in [-0.2, 0) is 0 Å². The zero-order chi connectivity index (χ0) is 8.69. The van der Waals surface area contributed by atoms with Crippen LogP contribution >= 0.6 is 11.6 Å². The van der Waals surface area contributed by atoms with Crippen LogP contribution in [0.4, 0.5) is 0 Å². The second-order valence-electron chi connectivity index (χ2n) is 2.60. The molecule has 0 saturated carbocycles. The summed E-state index contributed by atoms with van der Waals surface area (Å²) in [4.78, 5) is 0. The summed E-state index contributed by atoms with van der Waals surface area (Å²) in [5.41, 5.74) is 2.19. The van der Waals surface area contributed by atoms with Crippen LogP contribution in [0, 0.1) is 0 Å². The zero-order valence-electron chi connectivity index (χ0n) is 6.91. The molecule has 0 nitrogen and oxygen atoms in total. The lowest BCUT2D eigenvalue weighted by molar-refractivity contribution is 0.820. The summed E-state index contributed by atoms with van der Waals surface area (Å²) in [5, 5.41) is 0. The maximum absolute atomic E-state index is 5.56. The van der Waals surface area contributed by atoms with Crippen LogP contribution in [0.5, 0.6) is 0 Å². The Labute approximate surface area is 74.3 Å². The molecule has 1 heteroatoms. The molecule has 0 aromatic carbocycles. The molecule has 0 rings (SSSR count). The van der Waals surface area contributed by atoms with E-state index in [0.717, 1.165) is 30.4 Å². The molecule has 0 atom stereocenters. The van der Waals surface area contributed by atoms with Gasteiger partial charge < -0.3 is 0 Å². The Bertz CT molecular complexity index is 156. The summed E-state index contributed by atoms with van der Waals surface area (Å²) in [6, 6.07) is 0. The molecule has 0 saturated heterocycles. The molecule has 0 aromatic rings. The average molecular weight is 171 g/mol. The molecule has 11 heavy (non-hydrogen) atoms. The molecule has 0 N–H and O–H groups in total. The lowest BCUT2D eigenvalue weighted by Gasteiger charge is -2.00. The van der Waals surface area contributed by atoms with Crippen LogP contribution < -0.4 is 0 Å². The molecule has 0 heterocycles. The first-order valence-corrected chi connectivity index (χ1v) is 4.27. The van der Waals surface area contributed by atoms with Gasteiger partial charge in [-0.25, -0.2) is 0 Å². The smallest absolute Gasteiger partial charge is 0.0430 e. The minimum Gasteiger partial charge on any atom is -0.122 e. The van der Waals surface area contributed by atoms with Crippen LogP contribution in [0.25, 0.3) is 0 Å². The molecule has 62 valence electrons. The molecule has 0 amide bonds. The molecule has 0 unspecified atom stereocenters. The first kappa shape index (κ1) is 10.5. The highest BCUT2D eigenvalue weighted by atomic mass is 35.5. The topological polar surface area (TPSA) is 0 Å². The zero-order valence-corrected chi connectivity index (χ0v) is 7.66. The van der Waals surface area contributed by atoms with Gasteiger partial charge in [0, 0.05) is 5.88 Å². The minimum atomic E-state index is 0.570. The minimum absolute atomic E-state index is 0.570. The highest BCUT2D eigenvalue weighted by Crippen LogP contribution is 2.10. The fraction of sp³-hybridized carbons (Fsp3) is 0.400. The van der Waals surface area contributed by atoms with Gasteiger partial charge in [0.05, 0.1) is 0 Å². The average Bonchev–Trinajstić information content (AvgIpc) is 2.04. The van der Waals surface area contributed by atoms with Crippen LogP contribution in [0.1, 0.15) is 19.3 Å². The van der Waals surface area contributed by atoms with Crippen molar-refractivity contribution in [1.82, 2.24) is 0 Å². The molecule has 0 aliphatic carbocycles. The number of allylic oxidation sites excluding steroid dienone is 3. The predicted octanol–water partition coefficient (Wildman–Crippen LogP) is 3.69. The van der Waals surface area contributed by atoms with E-state index in [4.69, 9.17) is 11.6 Å². The second kappa shape index (κ2) is 6.23. The number of halogens is 1. The van der Waals surface area contributed by atoms with E-state index < -0.39 is 0 Å². The Hall–Kier alpha value is -0.490. The molecule has 0 spiro atoms. The van der Waals surface area contributed by atoms with Crippen molar-refractivity contribution in [1.29, 1.82) is 0 Å². The highest BCUT2D eigenvalue weighted by Gasteiger charge is 1.93. The van der Waals surface area contributed by atoms with Gasteiger partial charge in [0.25, 0.3) is 0 Å².